The Morgan fingerprint density at radius 2 is 1.76 bits per heavy atom. The molecular formula is C16H23N. The van der Waals surface area contributed by atoms with Gasteiger partial charge in [-0.15, -0.1) is 0 Å². The van der Waals surface area contributed by atoms with E-state index in [2.05, 4.69) is 35.6 Å². The predicted molar refractivity (Wildman–Crippen MR) is 72.2 cm³/mol. The van der Waals surface area contributed by atoms with Gasteiger partial charge in [-0.25, -0.2) is 0 Å². The molecule has 2 aliphatic carbocycles. The Balaban J connectivity index is 1.43. The largest absolute Gasteiger partial charge is 0.314 e. The molecule has 0 radical (unpaired) electrons. The van der Waals surface area contributed by atoms with Crippen LogP contribution in [0, 0.1) is 5.92 Å². The first-order valence-corrected chi connectivity index (χ1v) is 7.22. The van der Waals surface area contributed by atoms with Crippen LogP contribution in [0.1, 0.15) is 50.0 Å². The van der Waals surface area contributed by atoms with Crippen LogP contribution in [0.2, 0.25) is 0 Å². The summed E-state index contributed by atoms with van der Waals surface area (Å²) in [6.07, 6.45) is 8.53. The van der Waals surface area contributed by atoms with Crippen molar-refractivity contribution in [2.75, 3.05) is 6.54 Å². The molecule has 0 aromatic heterocycles. The van der Waals surface area contributed by atoms with Crippen molar-refractivity contribution in [1.29, 1.82) is 0 Å². The van der Waals surface area contributed by atoms with E-state index in [0.717, 1.165) is 17.9 Å². The second-order valence-corrected chi connectivity index (χ2v) is 5.76. The Kier molecular flexibility index (Phi) is 3.46. The molecule has 17 heavy (non-hydrogen) atoms. The molecule has 0 aliphatic heterocycles. The Bertz CT molecular complexity index is 340. The van der Waals surface area contributed by atoms with E-state index in [1.54, 1.807) is 5.56 Å². The molecule has 1 aromatic rings. The van der Waals surface area contributed by atoms with Crippen molar-refractivity contribution in [1.82, 2.24) is 5.32 Å². The van der Waals surface area contributed by atoms with Crippen LogP contribution >= 0.6 is 0 Å². The molecule has 0 spiro atoms. The summed E-state index contributed by atoms with van der Waals surface area (Å²) in [5.41, 5.74) is 1.54. The molecule has 0 amide bonds. The van der Waals surface area contributed by atoms with Crippen LogP contribution in [0.25, 0.3) is 0 Å². The fraction of sp³-hybridized carbons (Fsp3) is 0.625. The molecule has 1 N–H and O–H groups in total. The zero-order chi connectivity index (χ0) is 11.5. The highest BCUT2D eigenvalue weighted by Crippen LogP contribution is 2.46. The van der Waals surface area contributed by atoms with Gasteiger partial charge in [-0.2, -0.15) is 0 Å². The van der Waals surface area contributed by atoms with Crippen LogP contribution in [0.5, 0.6) is 0 Å². The molecule has 92 valence electrons. The summed E-state index contributed by atoms with van der Waals surface area (Å²) in [4.78, 5) is 0. The Morgan fingerprint density at radius 3 is 2.53 bits per heavy atom. The van der Waals surface area contributed by atoms with Gasteiger partial charge >= 0.3 is 0 Å². The van der Waals surface area contributed by atoms with Gasteiger partial charge in [-0.1, -0.05) is 49.6 Å². The Labute approximate surface area is 105 Å². The molecule has 0 saturated heterocycles. The molecule has 3 rings (SSSR count). The highest BCUT2D eigenvalue weighted by Gasteiger charge is 2.37. The molecule has 2 unspecified atom stereocenters. The highest BCUT2D eigenvalue weighted by molar-refractivity contribution is 5.25. The van der Waals surface area contributed by atoms with E-state index in [1.807, 2.05) is 0 Å². The lowest BCUT2D eigenvalue weighted by Gasteiger charge is -2.22. The van der Waals surface area contributed by atoms with Crippen molar-refractivity contribution in [2.45, 2.75) is 50.5 Å². The van der Waals surface area contributed by atoms with Gasteiger partial charge in [0.25, 0.3) is 0 Å². The highest BCUT2D eigenvalue weighted by atomic mass is 14.9. The average molecular weight is 229 g/mol. The fourth-order valence-corrected chi connectivity index (χ4v) is 3.21. The fourth-order valence-electron chi connectivity index (χ4n) is 3.21. The summed E-state index contributed by atoms with van der Waals surface area (Å²) in [5.74, 6) is 1.74. The van der Waals surface area contributed by atoms with E-state index in [0.29, 0.717) is 0 Å². The first kappa shape index (κ1) is 11.3. The SMILES string of the molecule is c1ccc(C2CC2CNC2CCCCC2)cc1. The van der Waals surface area contributed by atoms with Crippen molar-refractivity contribution in [3.05, 3.63) is 35.9 Å². The lowest BCUT2D eigenvalue weighted by Crippen LogP contribution is -2.32. The number of hydrogen-bond acceptors (Lipinski definition) is 1. The zero-order valence-electron chi connectivity index (χ0n) is 10.6. The summed E-state index contributed by atoms with van der Waals surface area (Å²) in [6.45, 7) is 1.24. The molecule has 1 aromatic carbocycles. The third-order valence-corrected chi connectivity index (χ3v) is 4.42. The quantitative estimate of drug-likeness (QED) is 0.830. The van der Waals surface area contributed by atoms with Crippen molar-refractivity contribution < 1.29 is 0 Å². The van der Waals surface area contributed by atoms with E-state index in [-0.39, 0.29) is 0 Å². The van der Waals surface area contributed by atoms with Gasteiger partial charge in [-0.05, 0) is 43.2 Å². The van der Waals surface area contributed by atoms with Crippen molar-refractivity contribution in [2.24, 2.45) is 5.92 Å². The van der Waals surface area contributed by atoms with Gasteiger partial charge in [0, 0.05) is 6.04 Å². The van der Waals surface area contributed by atoms with Crippen LogP contribution < -0.4 is 5.32 Å². The molecule has 2 atom stereocenters. The molecule has 2 saturated carbocycles. The van der Waals surface area contributed by atoms with Crippen LogP contribution in [-0.2, 0) is 0 Å². The lowest BCUT2D eigenvalue weighted by atomic mass is 9.95. The molecule has 2 fully saturated rings. The van der Waals surface area contributed by atoms with Gasteiger partial charge in [-0.3, -0.25) is 0 Å². The summed E-state index contributed by atoms with van der Waals surface area (Å²) in [5, 5.41) is 3.78. The summed E-state index contributed by atoms with van der Waals surface area (Å²) >= 11 is 0. The Hall–Kier alpha value is -0.820. The molecule has 2 aliphatic rings. The number of hydrogen-bond donors (Lipinski definition) is 1. The number of nitrogens with one attached hydrogen (secondary N) is 1. The Morgan fingerprint density at radius 1 is 1.00 bits per heavy atom. The maximum Gasteiger partial charge on any atom is 0.00671 e. The van der Waals surface area contributed by atoms with Gasteiger partial charge in [0.1, 0.15) is 0 Å². The number of rotatable bonds is 4. The predicted octanol–water partition coefficient (Wildman–Crippen LogP) is 3.71. The molecule has 0 bridgehead atoms. The van der Waals surface area contributed by atoms with Crippen LogP contribution in [0.4, 0.5) is 0 Å². The molecule has 1 heteroatoms. The average Bonchev–Trinajstić information content (AvgIpc) is 3.18. The molecule has 0 heterocycles. The van der Waals surface area contributed by atoms with Crippen molar-refractivity contribution >= 4 is 0 Å². The van der Waals surface area contributed by atoms with Gasteiger partial charge < -0.3 is 5.32 Å². The van der Waals surface area contributed by atoms with E-state index in [1.165, 1.54) is 45.1 Å². The zero-order valence-corrected chi connectivity index (χ0v) is 10.6. The summed E-state index contributed by atoms with van der Waals surface area (Å²) in [6, 6.07) is 11.8. The number of benzene rings is 1. The normalized spacial score (nSPS) is 29.2. The van der Waals surface area contributed by atoms with Crippen molar-refractivity contribution in [3.63, 3.8) is 0 Å². The first-order valence-electron chi connectivity index (χ1n) is 7.22. The van der Waals surface area contributed by atoms with Gasteiger partial charge in [0.05, 0.1) is 0 Å². The summed E-state index contributed by atoms with van der Waals surface area (Å²) in [7, 11) is 0. The third-order valence-electron chi connectivity index (χ3n) is 4.42. The first-order chi connectivity index (χ1) is 8.43. The van der Waals surface area contributed by atoms with Crippen molar-refractivity contribution in [3.8, 4) is 0 Å². The minimum absolute atomic E-state index is 0.820. The van der Waals surface area contributed by atoms with Gasteiger partial charge in [0.15, 0.2) is 0 Å². The van der Waals surface area contributed by atoms with E-state index >= 15 is 0 Å². The summed E-state index contributed by atoms with van der Waals surface area (Å²) < 4.78 is 0. The monoisotopic (exact) mass is 229 g/mol. The topological polar surface area (TPSA) is 12.0 Å². The second kappa shape index (κ2) is 5.22. The third kappa shape index (κ3) is 2.90. The molecular weight excluding hydrogens is 206 g/mol. The van der Waals surface area contributed by atoms with Crippen LogP contribution in [0.15, 0.2) is 30.3 Å². The van der Waals surface area contributed by atoms with Gasteiger partial charge in [0.2, 0.25) is 0 Å². The van der Waals surface area contributed by atoms with E-state index < -0.39 is 0 Å². The smallest absolute Gasteiger partial charge is 0.00671 e. The minimum atomic E-state index is 0.820. The second-order valence-electron chi connectivity index (χ2n) is 5.76. The van der Waals surface area contributed by atoms with Crippen LogP contribution in [0.3, 0.4) is 0 Å². The minimum Gasteiger partial charge on any atom is -0.314 e. The maximum absolute atomic E-state index is 3.78. The van der Waals surface area contributed by atoms with E-state index in [4.69, 9.17) is 0 Å². The van der Waals surface area contributed by atoms with Crippen LogP contribution in [-0.4, -0.2) is 12.6 Å². The standard InChI is InChI=1S/C16H23N/c1-3-7-13(8-4-1)16-11-14(16)12-17-15-9-5-2-6-10-15/h1,3-4,7-8,14-17H,2,5-6,9-12H2. The van der Waals surface area contributed by atoms with E-state index in [9.17, 15) is 0 Å². The maximum atomic E-state index is 3.78. The molecule has 1 nitrogen and oxygen atoms in total. The lowest BCUT2D eigenvalue weighted by molar-refractivity contribution is 0.368.